The third kappa shape index (κ3) is 2.03. The zero-order valence-corrected chi connectivity index (χ0v) is 10.4. The zero-order valence-electron chi connectivity index (χ0n) is 9.60. The molecule has 2 aromatic carbocycles. The van der Waals surface area contributed by atoms with E-state index in [1.54, 1.807) is 0 Å². The van der Waals surface area contributed by atoms with Gasteiger partial charge in [-0.25, -0.2) is 4.98 Å². The van der Waals surface area contributed by atoms with Gasteiger partial charge in [0.15, 0.2) is 0 Å². The predicted molar refractivity (Wildman–Crippen MR) is 74.5 cm³/mol. The number of hydrogen-bond acceptors (Lipinski definition) is 1. The maximum atomic E-state index is 6.00. The molecule has 0 atom stereocenters. The molecular weight excluding hydrogens is 244 g/mol. The van der Waals surface area contributed by atoms with Crippen molar-refractivity contribution in [1.82, 2.24) is 9.97 Å². The first-order chi connectivity index (χ1) is 8.84. The molecule has 0 aliphatic rings. The maximum absolute atomic E-state index is 6.00. The Bertz CT molecular complexity index is 588. The average Bonchev–Trinajstić information content (AvgIpc) is 2.83. The van der Waals surface area contributed by atoms with Gasteiger partial charge in [-0.1, -0.05) is 60.7 Å². The van der Waals surface area contributed by atoms with Crippen LogP contribution >= 0.6 is 11.6 Å². The summed E-state index contributed by atoms with van der Waals surface area (Å²) in [4.78, 5) is 7.48. The molecule has 0 unspecified atom stereocenters. The Hall–Kier alpha value is -2.06. The lowest BCUT2D eigenvalue weighted by atomic mass is 10.1. The normalized spacial score (nSPS) is 10.5. The van der Waals surface area contributed by atoms with E-state index in [4.69, 9.17) is 11.6 Å². The van der Waals surface area contributed by atoms with Gasteiger partial charge < -0.3 is 4.98 Å². The highest BCUT2D eigenvalue weighted by molar-refractivity contribution is 6.28. The van der Waals surface area contributed by atoms with Gasteiger partial charge in [0.25, 0.3) is 0 Å². The fraction of sp³-hybridized carbons (Fsp3) is 0. The van der Waals surface area contributed by atoms with Crippen molar-refractivity contribution in [2.45, 2.75) is 0 Å². The first-order valence-corrected chi connectivity index (χ1v) is 6.09. The lowest BCUT2D eigenvalue weighted by molar-refractivity contribution is 1.31. The summed E-state index contributed by atoms with van der Waals surface area (Å²) in [5.41, 5.74) is 3.97. The first-order valence-electron chi connectivity index (χ1n) is 5.71. The van der Waals surface area contributed by atoms with Crippen LogP contribution in [0.1, 0.15) is 0 Å². The SMILES string of the molecule is Clc1nc(-c2ccccc2)c(-c2ccccc2)[nH]1. The minimum atomic E-state index is 0.410. The van der Waals surface area contributed by atoms with Crippen LogP contribution in [0, 0.1) is 0 Å². The Morgan fingerprint density at radius 2 is 1.33 bits per heavy atom. The van der Waals surface area contributed by atoms with Gasteiger partial charge in [-0.15, -0.1) is 0 Å². The molecule has 3 rings (SSSR count). The number of aromatic amines is 1. The molecule has 0 amide bonds. The van der Waals surface area contributed by atoms with Gasteiger partial charge in [-0.3, -0.25) is 0 Å². The Kier molecular flexibility index (Phi) is 2.87. The van der Waals surface area contributed by atoms with Crippen molar-refractivity contribution in [1.29, 1.82) is 0 Å². The first kappa shape index (κ1) is 11.1. The van der Waals surface area contributed by atoms with Gasteiger partial charge in [0, 0.05) is 11.1 Å². The standard InChI is InChI=1S/C15H11ClN2/c16-15-17-13(11-7-3-1-4-8-11)14(18-15)12-9-5-2-6-10-12/h1-10H,(H,17,18). The van der Waals surface area contributed by atoms with E-state index in [0.717, 1.165) is 22.5 Å². The summed E-state index contributed by atoms with van der Waals surface area (Å²) >= 11 is 6.00. The molecule has 0 bridgehead atoms. The smallest absolute Gasteiger partial charge is 0.201 e. The quantitative estimate of drug-likeness (QED) is 0.722. The van der Waals surface area contributed by atoms with Crippen molar-refractivity contribution in [3.05, 3.63) is 65.9 Å². The van der Waals surface area contributed by atoms with Crippen LogP contribution in [-0.4, -0.2) is 9.97 Å². The molecule has 0 radical (unpaired) electrons. The zero-order chi connectivity index (χ0) is 12.4. The molecule has 0 aliphatic heterocycles. The van der Waals surface area contributed by atoms with Crippen molar-refractivity contribution in [3.63, 3.8) is 0 Å². The second kappa shape index (κ2) is 4.67. The molecule has 0 fully saturated rings. The van der Waals surface area contributed by atoms with Crippen LogP contribution in [0.3, 0.4) is 0 Å². The van der Waals surface area contributed by atoms with Crippen molar-refractivity contribution >= 4 is 11.6 Å². The predicted octanol–water partition coefficient (Wildman–Crippen LogP) is 4.40. The lowest BCUT2D eigenvalue weighted by Crippen LogP contribution is -1.82. The number of imidazole rings is 1. The second-order valence-electron chi connectivity index (χ2n) is 3.98. The maximum Gasteiger partial charge on any atom is 0.201 e. The van der Waals surface area contributed by atoms with Crippen molar-refractivity contribution < 1.29 is 0 Å². The number of H-pyrrole nitrogens is 1. The summed E-state index contributed by atoms with van der Waals surface area (Å²) in [6, 6.07) is 20.1. The van der Waals surface area contributed by atoms with E-state index in [1.165, 1.54) is 0 Å². The van der Waals surface area contributed by atoms with Crippen LogP contribution in [0.25, 0.3) is 22.5 Å². The van der Waals surface area contributed by atoms with Crippen molar-refractivity contribution in [2.24, 2.45) is 0 Å². The fourth-order valence-corrected chi connectivity index (χ4v) is 2.14. The van der Waals surface area contributed by atoms with Gasteiger partial charge in [-0.05, 0) is 11.6 Å². The molecule has 0 aliphatic carbocycles. The fourth-order valence-electron chi connectivity index (χ4n) is 1.96. The van der Waals surface area contributed by atoms with E-state index in [9.17, 15) is 0 Å². The topological polar surface area (TPSA) is 28.7 Å². The summed E-state index contributed by atoms with van der Waals surface area (Å²) in [6.45, 7) is 0. The van der Waals surface area contributed by atoms with Crippen LogP contribution < -0.4 is 0 Å². The molecule has 0 saturated carbocycles. The molecule has 3 aromatic rings. The average molecular weight is 255 g/mol. The summed E-state index contributed by atoms with van der Waals surface area (Å²) in [5, 5.41) is 0.410. The summed E-state index contributed by atoms with van der Waals surface area (Å²) in [6.07, 6.45) is 0. The molecule has 88 valence electrons. The largest absolute Gasteiger partial charge is 0.328 e. The molecule has 1 aromatic heterocycles. The van der Waals surface area contributed by atoms with E-state index < -0.39 is 0 Å². The van der Waals surface area contributed by atoms with Crippen LogP contribution in [0.5, 0.6) is 0 Å². The molecule has 0 saturated heterocycles. The second-order valence-corrected chi connectivity index (χ2v) is 4.34. The Labute approximate surface area is 110 Å². The number of rotatable bonds is 2. The van der Waals surface area contributed by atoms with Crippen LogP contribution in [0.2, 0.25) is 5.28 Å². The molecule has 3 heteroatoms. The molecule has 1 N–H and O–H groups in total. The van der Waals surface area contributed by atoms with E-state index in [0.29, 0.717) is 5.28 Å². The minimum absolute atomic E-state index is 0.410. The van der Waals surface area contributed by atoms with E-state index in [-0.39, 0.29) is 0 Å². The lowest BCUT2D eigenvalue weighted by Gasteiger charge is -2.02. The summed E-state index contributed by atoms with van der Waals surface area (Å²) < 4.78 is 0. The summed E-state index contributed by atoms with van der Waals surface area (Å²) in [5.74, 6) is 0. The van der Waals surface area contributed by atoms with Gasteiger partial charge in [0.05, 0.1) is 11.4 Å². The molecule has 18 heavy (non-hydrogen) atoms. The molecular formula is C15H11ClN2. The molecule has 2 nitrogen and oxygen atoms in total. The van der Waals surface area contributed by atoms with Crippen LogP contribution in [-0.2, 0) is 0 Å². The Morgan fingerprint density at radius 3 is 1.94 bits per heavy atom. The molecule has 1 heterocycles. The van der Waals surface area contributed by atoms with Gasteiger partial charge in [0.2, 0.25) is 5.28 Å². The molecule has 0 spiro atoms. The van der Waals surface area contributed by atoms with E-state index in [2.05, 4.69) is 9.97 Å². The third-order valence-electron chi connectivity index (χ3n) is 2.78. The van der Waals surface area contributed by atoms with Crippen LogP contribution in [0.4, 0.5) is 0 Å². The Balaban J connectivity index is 2.17. The number of benzene rings is 2. The number of hydrogen-bond donors (Lipinski definition) is 1. The number of nitrogens with zero attached hydrogens (tertiary/aromatic N) is 1. The van der Waals surface area contributed by atoms with Crippen LogP contribution in [0.15, 0.2) is 60.7 Å². The third-order valence-corrected chi connectivity index (χ3v) is 2.96. The number of nitrogens with one attached hydrogen (secondary N) is 1. The number of halogens is 1. The van der Waals surface area contributed by atoms with Gasteiger partial charge >= 0.3 is 0 Å². The monoisotopic (exact) mass is 254 g/mol. The van der Waals surface area contributed by atoms with Crippen molar-refractivity contribution in [2.75, 3.05) is 0 Å². The highest BCUT2D eigenvalue weighted by Gasteiger charge is 2.12. The Morgan fingerprint density at radius 1 is 0.778 bits per heavy atom. The highest BCUT2D eigenvalue weighted by atomic mass is 35.5. The van der Waals surface area contributed by atoms with E-state index >= 15 is 0 Å². The van der Waals surface area contributed by atoms with E-state index in [1.807, 2.05) is 60.7 Å². The minimum Gasteiger partial charge on any atom is -0.328 e. The van der Waals surface area contributed by atoms with Crippen molar-refractivity contribution in [3.8, 4) is 22.5 Å². The van der Waals surface area contributed by atoms with Gasteiger partial charge in [-0.2, -0.15) is 0 Å². The highest BCUT2D eigenvalue weighted by Crippen LogP contribution is 2.30. The summed E-state index contributed by atoms with van der Waals surface area (Å²) in [7, 11) is 0. The van der Waals surface area contributed by atoms with Gasteiger partial charge in [0.1, 0.15) is 0 Å². The number of aromatic nitrogens is 2.